The monoisotopic (exact) mass is 435 g/mol. The zero-order chi connectivity index (χ0) is 23.0. The van der Waals surface area contributed by atoms with Gasteiger partial charge in [0.05, 0.1) is 0 Å². The Hall–Kier alpha value is -3.42. The van der Waals surface area contributed by atoms with Crippen molar-refractivity contribution in [1.82, 2.24) is 20.5 Å². The molecule has 2 aliphatic heterocycles. The number of anilines is 1. The van der Waals surface area contributed by atoms with Gasteiger partial charge in [0, 0.05) is 37.4 Å². The third kappa shape index (κ3) is 3.70. The molecule has 0 spiro atoms. The Morgan fingerprint density at radius 1 is 1.03 bits per heavy atom. The summed E-state index contributed by atoms with van der Waals surface area (Å²) in [7, 11) is 0. The number of hydrogen-bond acceptors (Lipinski definition) is 5. The minimum Gasteiger partial charge on any atom is -0.353 e. The van der Waals surface area contributed by atoms with Crippen LogP contribution in [-0.2, 0) is 10.3 Å². The molecule has 4 amide bonds. The second-order valence-corrected chi connectivity index (χ2v) is 8.55. The average molecular weight is 436 g/mol. The fourth-order valence-corrected chi connectivity index (χ4v) is 4.50. The molecule has 2 saturated heterocycles. The highest BCUT2D eigenvalue weighted by Crippen LogP contribution is 2.29. The van der Waals surface area contributed by atoms with Crippen LogP contribution in [0.2, 0.25) is 0 Å². The van der Waals surface area contributed by atoms with Crippen molar-refractivity contribution in [2.45, 2.75) is 39.7 Å². The lowest BCUT2D eigenvalue weighted by Gasteiger charge is -2.36. The fraction of sp³-hybridized carbons (Fsp3) is 0.417. The van der Waals surface area contributed by atoms with Crippen LogP contribution in [0.3, 0.4) is 0 Å². The van der Waals surface area contributed by atoms with Gasteiger partial charge in [-0.3, -0.25) is 14.9 Å². The number of nitrogens with zero attached hydrogens (tertiary/aromatic N) is 3. The van der Waals surface area contributed by atoms with Crippen molar-refractivity contribution < 1.29 is 14.4 Å². The number of pyridine rings is 1. The topological polar surface area (TPSA) is 94.6 Å². The van der Waals surface area contributed by atoms with E-state index in [4.69, 9.17) is 4.98 Å². The third-order valence-corrected chi connectivity index (χ3v) is 6.59. The molecule has 2 N–H and O–H groups in total. The lowest BCUT2D eigenvalue weighted by molar-refractivity contribution is -0.124. The van der Waals surface area contributed by atoms with Gasteiger partial charge in [0.15, 0.2) is 0 Å². The van der Waals surface area contributed by atoms with Crippen molar-refractivity contribution in [2.75, 3.05) is 31.1 Å². The van der Waals surface area contributed by atoms with E-state index in [1.807, 2.05) is 18.7 Å². The van der Waals surface area contributed by atoms with Crippen LogP contribution < -0.4 is 15.5 Å². The molecule has 2 fully saturated rings. The van der Waals surface area contributed by atoms with E-state index in [1.165, 1.54) is 5.56 Å². The zero-order valence-electron chi connectivity index (χ0n) is 19.0. The molecular weight excluding hydrogens is 406 g/mol. The molecular formula is C24H29N5O3. The lowest BCUT2D eigenvalue weighted by Crippen LogP contribution is -2.49. The molecule has 168 valence electrons. The summed E-state index contributed by atoms with van der Waals surface area (Å²) in [5.74, 6) is 0.591. The van der Waals surface area contributed by atoms with Crippen LogP contribution in [0, 0.1) is 20.8 Å². The Kier molecular flexibility index (Phi) is 5.62. The molecule has 0 radical (unpaired) electrons. The number of benzene rings is 1. The predicted octanol–water partition coefficient (Wildman–Crippen LogP) is 2.41. The minimum atomic E-state index is -1.08. The van der Waals surface area contributed by atoms with E-state index in [-0.39, 0.29) is 11.8 Å². The zero-order valence-corrected chi connectivity index (χ0v) is 19.0. The molecule has 2 aromatic rings. The molecule has 32 heavy (non-hydrogen) atoms. The van der Waals surface area contributed by atoms with Crippen molar-refractivity contribution in [3.63, 3.8) is 0 Å². The van der Waals surface area contributed by atoms with Gasteiger partial charge in [-0.05, 0) is 56.0 Å². The molecule has 1 atom stereocenters. The number of imide groups is 1. The van der Waals surface area contributed by atoms with Crippen molar-refractivity contribution in [2.24, 2.45) is 0 Å². The van der Waals surface area contributed by atoms with Crippen LogP contribution in [-0.4, -0.2) is 53.9 Å². The quantitative estimate of drug-likeness (QED) is 0.720. The highest BCUT2D eigenvalue weighted by molar-refractivity contribution is 6.07. The van der Waals surface area contributed by atoms with Gasteiger partial charge in [-0.1, -0.05) is 25.1 Å². The summed E-state index contributed by atoms with van der Waals surface area (Å²) in [6.07, 6.45) is 0.422. The molecule has 0 saturated carbocycles. The SMILES string of the molecule is CCC1(c2ccc(C(=O)N3CCN(c4nc(C)c(C)cc4C)CC3)cc2)NC(=O)NC1=O. The van der Waals surface area contributed by atoms with Gasteiger partial charge >= 0.3 is 6.03 Å². The van der Waals surface area contributed by atoms with Gasteiger partial charge in [-0.15, -0.1) is 0 Å². The van der Waals surface area contributed by atoms with Gasteiger partial charge in [0.1, 0.15) is 11.4 Å². The molecule has 1 unspecified atom stereocenters. The van der Waals surface area contributed by atoms with Gasteiger partial charge in [0.25, 0.3) is 11.8 Å². The second kappa shape index (κ2) is 8.26. The number of rotatable bonds is 4. The molecule has 1 aromatic carbocycles. The van der Waals surface area contributed by atoms with Gasteiger partial charge in [0.2, 0.25) is 0 Å². The molecule has 0 aliphatic carbocycles. The average Bonchev–Trinajstić information content (AvgIpc) is 3.10. The van der Waals surface area contributed by atoms with Crippen LogP contribution in [0.4, 0.5) is 10.6 Å². The summed E-state index contributed by atoms with van der Waals surface area (Å²) >= 11 is 0. The Morgan fingerprint density at radius 3 is 2.25 bits per heavy atom. The van der Waals surface area contributed by atoms with E-state index in [0.717, 1.165) is 30.2 Å². The summed E-state index contributed by atoms with van der Waals surface area (Å²) < 4.78 is 0. The van der Waals surface area contributed by atoms with E-state index in [9.17, 15) is 14.4 Å². The van der Waals surface area contributed by atoms with Gasteiger partial charge < -0.3 is 15.1 Å². The molecule has 8 heteroatoms. The van der Waals surface area contributed by atoms with E-state index < -0.39 is 11.6 Å². The number of aromatic nitrogens is 1. The first-order valence-electron chi connectivity index (χ1n) is 11.0. The fourth-order valence-electron chi connectivity index (χ4n) is 4.50. The van der Waals surface area contributed by atoms with E-state index >= 15 is 0 Å². The Balaban J connectivity index is 1.44. The number of carbonyl (C=O) groups is 3. The van der Waals surface area contributed by atoms with E-state index in [2.05, 4.69) is 35.4 Å². The standard InChI is InChI=1S/C24H29N5O3/c1-5-24(22(31)26-23(32)27-24)19-8-6-18(7-9-19)21(30)29-12-10-28(11-13-29)20-16(3)14-15(2)17(4)25-20/h6-9,14H,5,10-13H2,1-4H3,(H2,26,27,31,32). The van der Waals surface area contributed by atoms with Crippen molar-refractivity contribution in [1.29, 1.82) is 0 Å². The maximum atomic E-state index is 13.0. The van der Waals surface area contributed by atoms with Crippen molar-refractivity contribution in [3.05, 3.63) is 58.3 Å². The number of nitrogens with one attached hydrogen (secondary N) is 2. The Morgan fingerprint density at radius 2 is 1.69 bits per heavy atom. The van der Waals surface area contributed by atoms with Crippen LogP contribution in [0.15, 0.2) is 30.3 Å². The number of carbonyl (C=O) groups excluding carboxylic acids is 3. The number of amides is 4. The first kappa shape index (κ1) is 21.8. The van der Waals surface area contributed by atoms with Gasteiger partial charge in [-0.2, -0.15) is 0 Å². The summed E-state index contributed by atoms with van der Waals surface area (Å²) in [6.45, 7) is 10.7. The second-order valence-electron chi connectivity index (χ2n) is 8.55. The predicted molar refractivity (Wildman–Crippen MR) is 122 cm³/mol. The summed E-state index contributed by atoms with van der Waals surface area (Å²) in [6, 6.07) is 8.62. The molecule has 2 aliphatic rings. The third-order valence-electron chi connectivity index (χ3n) is 6.59. The normalized spacial score (nSPS) is 20.9. The minimum absolute atomic E-state index is 0.0357. The Bertz CT molecular complexity index is 1070. The molecule has 3 heterocycles. The van der Waals surface area contributed by atoms with Crippen LogP contribution in [0.1, 0.15) is 46.1 Å². The van der Waals surface area contributed by atoms with Crippen LogP contribution >= 0.6 is 0 Å². The van der Waals surface area contributed by atoms with Gasteiger partial charge in [-0.25, -0.2) is 9.78 Å². The van der Waals surface area contributed by atoms with Crippen LogP contribution in [0.25, 0.3) is 0 Å². The number of aryl methyl sites for hydroxylation is 3. The first-order valence-corrected chi connectivity index (χ1v) is 11.0. The number of hydrogen-bond donors (Lipinski definition) is 2. The molecule has 8 nitrogen and oxygen atoms in total. The van der Waals surface area contributed by atoms with E-state index in [0.29, 0.717) is 30.6 Å². The largest absolute Gasteiger partial charge is 0.353 e. The lowest BCUT2D eigenvalue weighted by atomic mass is 9.87. The summed E-state index contributed by atoms with van der Waals surface area (Å²) in [4.78, 5) is 45.9. The molecule has 4 rings (SSSR count). The number of piperazine rings is 1. The van der Waals surface area contributed by atoms with Crippen molar-refractivity contribution in [3.8, 4) is 0 Å². The van der Waals surface area contributed by atoms with E-state index in [1.54, 1.807) is 24.3 Å². The highest BCUT2D eigenvalue weighted by atomic mass is 16.2. The summed E-state index contributed by atoms with van der Waals surface area (Å²) in [5.41, 5.74) is 3.52. The Labute approximate surface area is 188 Å². The van der Waals surface area contributed by atoms with Crippen LogP contribution in [0.5, 0.6) is 0 Å². The highest BCUT2D eigenvalue weighted by Gasteiger charge is 2.46. The molecule has 0 bridgehead atoms. The van der Waals surface area contributed by atoms with Crippen molar-refractivity contribution >= 4 is 23.7 Å². The number of urea groups is 1. The maximum absolute atomic E-state index is 13.0. The maximum Gasteiger partial charge on any atom is 0.322 e. The first-order chi connectivity index (χ1) is 15.2. The smallest absolute Gasteiger partial charge is 0.322 e. The molecule has 1 aromatic heterocycles. The summed E-state index contributed by atoms with van der Waals surface area (Å²) in [5, 5.41) is 5.02.